The third kappa shape index (κ3) is 76.6. The summed E-state index contributed by atoms with van der Waals surface area (Å²) in [7, 11) is -10.0. The fourth-order valence-corrected chi connectivity index (χ4v) is 11.7. The van der Waals surface area contributed by atoms with E-state index in [1.807, 2.05) is 0 Å². The Labute approximate surface area is 642 Å². The van der Waals surface area contributed by atoms with Crippen LogP contribution in [0.15, 0.2) is 170 Å². The predicted molar refractivity (Wildman–Crippen MR) is 436 cm³/mol. The fraction of sp³-hybridized carbons (Fsp3) is 0.632. The Morgan fingerprint density at radius 1 is 0.274 bits per heavy atom. The summed E-state index contributed by atoms with van der Waals surface area (Å²) in [6.07, 6.45) is 91.8. The van der Waals surface area contributed by atoms with Crippen LogP contribution in [0.25, 0.3) is 0 Å². The minimum absolute atomic E-state index is 0.0542. The maximum absolute atomic E-state index is 13.1. The van der Waals surface area contributed by atoms with E-state index >= 15 is 0 Å². The number of hydrogen-bond acceptors (Lipinski definition) is 15. The number of unbranched alkanes of at least 4 members (excludes halogenated alkanes) is 20. The number of hydrogen-bond donors (Lipinski definition) is 3. The maximum atomic E-state index is 13.1. The van der Waals surface area contributed by atoms with Crippen LogP contribution in [0.3, 0.4) is 0 Å². The first-order chi connectivity index (χ1) is 51.7. The van der Waals surface area contributed by atoms with Gasteiger partial charge in [-0.25, -0.2) is 9.13 Å². The van der Waals surface area contributed by atoms with Crippen LogP contribution in [-0.4, -0.2) is 96.7 Å². The van der Waals surface area contributed by atoms with E-state index in [0.717, 1.165) is 199 Å². The summed E-state index contributed by atoms with van der Waals surface area (Å²) in [5.41, 5.74) is 0. The maximum Gasteiger partial charge on any atom is 0.472 e. The molecule has 0 amide bonds. The number of rotatable bonds is 74. The number of ether oxygens (including phenoxy) is 4. The third-order valence-corrected chi connectivity index (χ3v) is 18.1. The molecule has 5 unspecified atom stereocenters. The molecule has 0 spiro atoms. The molecule has 17 nitrogen and oxygen atoms in total. The van der Waals surface area contributed by atoms with Crippen LogP contribution < -0.4 is 0 Å². The Hall–Kier alpha value is -5.58. The van der Waals surface area contributed by atoms with Crippen molar-refractivity contribution < 1.29 is 80.2 Å². The summed E-state index contributed by atoms with van der Waals surface area (Å²) >= 11 is 0. The van der Waals surface area contributed by atoms with Gasteiger partial charge in [0, 0.05) is 25.7 Å². The molecule has 602 valence electrons. The molecule has 0 aromatic heterocycles. The van der Waals surface area contributed by atoms with Gasteiger partial charge in [0.1, 0.15) is 19.3 Å². The first kappa shape index (κ1) is 100. The highest BCUT2D eigenvalue weighted by molar-refractivity contribution is 7.47. The van der Waals surface area contributed by atoms with Crippen molar-refractivity contribution in [1.29, 1.82) is 0 Å². The summed E-state index contributed by atoms with van der Waals surface area (Å²) < 4.78 is 68.6. The van der Waals surface area contributed by atoms with Crippen LogP contribution in [0, 0.1) is 0 Å². The Morgan fingerprint density at radius 2 is 0.491 bits per heavy atom. The second kappa shape index (κ2) is 77.6. The molecule has 0 aromatic carbocycles. The standard InChI is InChI=1S/C87H142O17P2/c1-5-9-13-17-21-25-29-33-37-40-44-48-52-56-60-64-68-72-85(90)98-78-83(104-87(92)74-70-66-62-58-54-50-46-42-39-35-31-27-23-19-15-11-7-3)80-102-106(95,96)100-76-81(88)75-99-105(93,94)101-79-82(77-97-84(89)71-67-63-59-55-51-47-43-36-32-28-24-20-16-12-8-4)103-86(91)73-69-65-61-57-53-49-45-41-38-34-30-26-22-18-14-10-6-2/h9-11,13-15,21-28,33-39,43-46,48-50,81-83,88H,5-8,12,16-20,29-32,40-42,47,51-80H2,1-4H3,(H,93,94)(H,95,96). The molecular weight excluding hydrogens is 1380 g/mol. The van der Waals surface area contributed by atoms with Crippen molar-refractivity contribution >= 4 is 39.5 Å². The van der Waals surface area contributed by atoms with Crippen LogP contribution in [0.1, 0.15) is 297 Å². The third-order valence-electron chi connectivity index (χ3n) is 16.2. The molecule has 106 heavy (non-hydrogen) atoms. The van der Waals surface area contributed by atoms with Crippen molar-refractivity contribution in [3.63, 3.8) is 0 Å². The average Bonchev–Trinajstić information content (AvgIpc) is 0.905. The zero-order valence-corrected chi connectivity index (χ0v) is 67.6. The van der Waals surface area contributed by atoms with Crippen molar-refractivity contribution in [3.8, 4) is 0 Å². The first-order valence-corrected chi connectivity index (χ1v) is 43.4. The van der Waals surface area contributed by atoms with Gasteiger partial charge in [-0.1, -0.05) is 268 Å². The SMILES string of the molecule is CCC=CCC=CCC=CCC=CCCCCCCC(=O)OCC(COP(=O)(O)OCC(O)COP(=O)(O)OCC(COC(=O)CCCCCCCC=CCC=CCCCCC)OC(=O)CCCCCCC=CCC=CCC=CCC=CCC)OC(=O)CCCCCCC=CCC=CCC=CCC=CCC. The lowest BCUT2D eigenvalue weighted by atomic mass is 10.1. The topological polar surface area (TPSA) is 237 Å². The second-order valence-electron chi connectivity index (χ2n) is 26.2. The lowest BCUT2D eigenvalue weighted by Crippen LogP contribution is -2.30. The van der Waals surface area contributed by atoms with Gasteiger partial charge in [0.2, 0.25) is 0 Å². The van der Waals surface area contributed by atoms with Gasteiger partial charge >= 0.3 is 39.5 Å². The van der Waals surface area contributed by atoms with E-state index in [2.05, 4.69) is 198 Å². The van der Waals surface area contributed by atoms with Crippen molar-refractivity contribution in [2.45, 2.75) is 316 Å². The fourth-order valence-electron chi connectivity index (χ4n) is 10.1. The van der Waals surface area contributed by atoms with Crippen LogP contribution in [-0.2, 0) is 65.4 Å². The zero-order valence-electron chi connectivity index (χ0n) is 65.8. The molecule has 19 heteroatoms. The molecule has 0 fully saturated rings. The highest BCUT2D eigenvalue weighted by Crippen LogP contribution is 2.45. The van der Waals surface area contributed by atoms with E-state index in [-0.39, 0.29) is 25.7 Å². The van der Waals surface area contributed by atoms with Crippen molar-refractivity contribution in [2.24, 2.45) is 0 Å². The molecule has 0 saturated carbocycles. The van der Waals surface area contributed by atoms with E-state index < -0.39 is 97.5 Å². The smallest absolute Gasteiger partial charge is 0.462 e. The number of carbonyl (C=O) groups excluding carboxylic acids is 4. The number of aliphatic hydroxyl groups excluding tert-OH is 1. The molecule has 5 atom stereocenters. The molecule has 0 rings (SSSR count). The molecule has 3 N–H and O–H groups in total. The van der Waals surface area contributed by atoms with Crippen LogP contribution in [0.4, 0.5) is 0 Å². The molecule has 0 radical (unpaired) electrons. The molecular formula is C87H142O17P2. The molecule has 0 aliphatic rings. The monoisotopic (exact) mass is 1520 g/mol. The number of phosphoric ester groups is 2. The number of allylic oxidation sites excluding steroid dienone is 28. The zero-order chi connectivity index (χ0) is 77.4. The second-order valence-corrected chi connectivity index (χ2v) is 29.1. The van der Waals surface area contributed by atoms with E-state index in [1.54, 1.807) is 0 Å². The van der Waals surface area contributed by atoms with Crippen molar-refractivity contribution in [1.82, 2.24) is 0 Å². The van der Waals surface area contributed by atoms with Gasteiger partial charge in [-0.15, -0.1) is 0 Å². The van der Waals surface area contributed by atoms with Gasteiger partial charge in [0.25, 0.3) is 0 Å². The molecule has 0 bridgehead atoms. The summed E-state index contributed by atoms with van der Waals surface area (Å²) in [4.78, 5) is 73.1. The van der Waals surface area contributed by atoms with Gasteiger partial charge in [-0.2, -0.15) is 0 Å². The highest BCUT2D eigenvalue weighted by Gasteiger charge is 2.30. The lowest BCUT2D eigenvalue weighted by molar-refractivity contribution is -0.161. The van der Waals surface area contributed by atoms with Crippen molar-refractivity contribution in [2.75, 3.05) is 39.6 Å². The van der Waals surface area contributed by atoms with Crippen molar-refractivity contribution in [3.05, 3.63) is 170 Å². The van der Waals surface area contributed by atoms with Crippen LogP contribution in [0.2, 0.25) is 0 Å². The minimum atomic E-state index is -5.00. The normalized spacial score (nSPS) is 14.7. The summed E-state index contributed by atoms with van der Waals surface area (Å²) in [6, 6.07) is 0. The summed E-state index contributed by atoms with van der Waals surface area (Å²) in [6.45, 7) is 4.40. The van der Waals surface area contributed by atoms with E-state index in [1.165, 1.54) is 19.3 Å². The van der Waals surface area contributed by atoms with Gasteiger partial charge in [0.15, 0.2) is 12.2 Å². The molecule has 0 heterocycles. The highest BCUT2D eigenvalue weighted by atomic mass is 31.2. The molecule has 0 aliphatic carbocycles. The number of phosphoric acid groups is 2. The van der Waals surface area contributed by atoms with E-state index in [9.17, 15) is 43.2 Å². The van der Waals surface area contributed by atoms with E-state index in [0.29, 0.717) is 25.7 Å². The van der Waals surface area contributed by atoms with Gasteiger partial charge < -0.3 is 33.8 Å². The quantitative estimate of drug-likeness (QED) is 0.0169. The van der Waals surface area contributed by atoms with Gasteiger partial charge in [-0.3, -0.25) is 37.3 Å². The molecule has 0 saturated heterocycles. The van der Waals surface area contributed by atoms with E-state index in [4.69, 9.17) is 37.0 Å². The minimum Gasteiger partial charge on any atom is -0.462 e. The Kier molecular flexibility index (Phi) is 73.5. The largest absolute Gasteiger partial charge is 0.472 e. The van der Waals surface area contributed by atoms with Crippen LogP contribution in [0.5, 0.6) is 0 Å². The Bertz CT molecular complexity index is 2680. The number of aliphatic hydroxyl groups is 1. The Balaban J connectivity index is 5.48. The first-order valence-electron chi connectivity index (χ1n) is 40.4. The number of esters is 4. The lowest BCUT2D eigenvalue weighted by Gasteiger charge is -2.21. The molecule has 0 aromatic rings. The number of carbonyl (C=O) groups is 4. The molecule has 0 aliphatic heterocycles. The summed E-state index contributed by atoms with van der Waals surface area (Å²) in [5.74, 6) is -2.28. The average molecular weight is 1520 g/mol. The Morgan fingerprint density at radius 3 is 0.755 bits per heavy atom. The van der Waals surface area contributed by atoms with Gasteiger partial charge in [-0.05, 0) is 173 Å². The van der Waals surface area contributed by atoms with Gasteiger partial charge in [0.05, 0.1) is 26.4 Å². The predicted octanol–water partition coefficient (Wildman–Crippen LogP) is 23.8. The van der Waals surface area contributed by atoms with Crippen LogP contribution >= 0.6 is 15.6 Å². The summed E-state index contributed by atoms with van der Waals surface area (Å²) in [5, 5.41) is 10.7.